The van der Waals surface area contributed by atoms with E-state index in [2.05, 4.69) is 4.90 Å². The average molecular weight is 279 g/mol. The average Bonchev–Trinajstić information content (AvgIpc) is 2.99. The van der Waals surface area contributed by atoms with Crippen LogP contribution in [0.3, 0.4) is 0 Å². The molecule has 0 amide bonds. The van der Waals surface area contributed by atoms with Crippen LogP contribution >= 0.6 is 0 Å². The summed E-state index contributed by atoms with van der Waals surface area (Å²) in [4.78, 5) is 2.29. The number of halogens is 1. The van der Waals surface area contributed by atoms with Gasteiger partial charge >= 0.3 is 0 Å². The maximum absolute atomic E-state index is 13.6. The number of fused-ring (bicyclic) bond motifs is 1. The molecule has 4 atom stereocenters. The van der Waals surface area contributed by atoms with Crippen LogP contribution in [-0.2, 0) is 0 Å². The van der Waals surface area contributed by atoms with E-state index in [4.69, 9.17) is 0 Å². The van der Waals surface area contributed by atoms with Crippen LogP contribution in [0.25, 0.3) is 0 Å². The maximum Gasteiger partial charge on any atom is 0.128 e. The molecule has 0 bridgehead atoms. The van der Waals surface area contributed by atoms with Gasteiger partial charge in [0, 0.05) is 31.1 Å². The van der Waals surface area contributed by atoms with Crippen LogP contribution in [0.4, 0.5) is 4.39 Å². The van der Waals surface area contributed by atoms with Crippen LogP contribution in [0.1, 0.15) is 30.9 Å². The minimum atomic E-state index is -0.749. The first-order valence-corrected chi connectivity index (χ1v) is 7.48. The van der Waals surface area contributed by atoms with Gasteiger partial charge in [-0.15, -0.1) is 0 Å². The molecular formula is C16H22FNO2. The first-order valence-electron chi connectivity index (χ1n) is 7.48. The summed E-state index contributed by atoms with van der Waals surface area (Å²) in [6, 6.07) is 6.41. The standard InChI is InChI=1S/C16H22FNO2/c17-14-4-2-1-3-12(14)16(20)7-8-18-9-11-5-6-15(19)13(11)10-18/h1-4,11,13,15-16,19-20H,5-10H2. The van der Waals surface area contributed by atoms with Gasteiger partial charge in [0.2, 0.25) is 0 Å². The molecule has 110 valence electrons. The molecule has 4 unspecified atom stereocenters. The smallest absolute Gasteiger partial charge is 0.128 e. The number of nitrogens with zero attached hydrogens (tertiary/aromatic N) is 1. The van der Waals surface area contributed by atoms with Crippen LogP contribution in [0.2, 0.25) is 0 Å². The van der Waals surface area contributed by atoms with E-state index in [-0.39, 0.29) is 11.9 Å². The van der Waals surface area contributed by atoms with Crippen molar-refractivity contribution in [3.63, 3.8) is 0 Å². The summed E-state index contributed by atoms with van der Waals surface area (Å²) in [7, 11) is 0. The van der Waals surface area contributed by atoms with Crippen LogP contribution in [0, 0.1) is 17.7 Å². The minimum absolute atomic E-state index is 0.151. The summed E-state index contributed by atoms with van der Waals surface area (Å²) in [5.74, 6) is 0.671. The van der Waals surface area contributed by atoms with Gasteiger partial charge in [-0.3, -0.25) is 0 Å². The Hall–Kier alpha value is -0.970. The second kappa shape index (κ2) is 5.80. The molecule has 2 aliphatic rings. The van der Waals surface area contributed by atoms with Crippen LogP contribution in [0.5, 0.6) is 0 Å². The third kappa shape index (κ3) is 2.73. The van der Waals surface area contributed by atoms with Crippen molar-refractivity contribution in [3.05, 3.63) is 35.6 Å². The van der Waals surface area contributed by atoms with Gasteiger partial charge in [0.15, 0.2) is 0 Å². The van der Waals surface area contributed by atoms with Crippen LogP contribution in [0.15, 0.2) is 24.3 Å². The second-order valence-corrected chi connectivity index (χ2v) is 6.15. The Morgan fingerprint density at radius 2 is 2.05 bits per heavy atom. The summed E-state index contributed by atoms with van der Waals surface area (Å²) in [6.07, 6.45) is 1.68. The number of hydrogen-bond acceptors (Lipinski definition) is 3. The topological polar surface area (TPSA) is 43.7 Å². The highest BCUT2D eigenvalue weighted by molar-refractivity contribution is 5.19. The molecule has 1 aromatic rings. The predicted octanol–water partition coefficient (Wildman–Crippen LogP) is 1.95. The van der Waals surface area contributed by atoms with Gasteiger partial charge in [-0.2, -0.15) is 0 Å². The number of likely N-dealkylation sites (tertiary alicyclic amines) is 1. The van der Waals surface area contributed by atoms with Gasteiger partial charge in [0.1, 0.15) is 5.82 Å². The quantitative estimate of drug-likeness (QED) is 0.885. The lowest BCUT2D eigenvalue weighted by Crippen LogP contribution is -2.26. The monoisotopic (exact) mass is 279 g/mol. The van der Waals surface area contributed by atoms with Gasteiger partial charge in [-0.1, -0.05) is 18.2 Å². The lowest BCUT2D eigenvalue weighted by molar-refractivity contribution is 0.117. The molecule has 0 spiro atoms. The highest BCUT2D eigenvalue weighted by atomic mass is 19.1. The molecule has 1 saturated carbocycles. The van der Waals surface area contributed by atoms with Crippen LogP contribution in [-0.4, -0.2) is 40.9 Å². The van der Waals surface area contributed by atoms with Gasteiger partial charge in [0.25, 0.3) is 0 Å². The Bertz CT molecular complexity index is 468. The van der Waals surface area contributed by atoms with E-state index in [1.807, 2.05) is 0 Å². The van der Waals surface area contributed by atoms with E-state index in [0.717, 1.165) is 32.5 Å². The largest absolute Gasteiger partial charge is 0.393 e. The zero-order chi connectivity index (χ0) is 14.1. The summed E-state index contributed by atoms with van der Waals surface area (Å²) in [5.41, 5.74) is 0.381. The number of aliphatic hydroxyl groups excluding tert-OH is 2. The van der Waals surface area contributed by atoms with Gasteiger partial charge < -0.3 is 15.1 Å². The molecule has 4 heteroatoms. The van der Waals surface area contributed by atoms with E-state index in [9.17, 15) is 14.6 Å². The first-order chi connectivity index (χ1) is 9.65. The third-order valence-electron chi connectivity index (χ3n) is 4.88. The molecule has 0 radical (unpaired) electrons. The normalized spacial score (nSPS) is 31.4. The van der Waals surface area contributed by atoms with Crippen molar-refractivity contribution >= 4 is 0 Å². The van der Waals surface area contributed by atoms with Crippen molar-refractivity contribution in [1.82, 2.24) is 4.90 Å². The Kier molecular flexibility index (Phi) is 4.06. The summed E-state index contributed by atoms with van der Waals surface area (Å²) < 4.78 is 13.6. The molecule has 20 heavy (non-hydrogen) atoms. The van der Waals surface area contributed by atoms with Crippen molar-refractivity contribution in [2.45, 2.75) is 31.5 Å². The zero-order valence-electron chi connectivity index (χ0n) is 11.6. The Labute approximate surface area is 119 Å². The fraction of sp³-hybridized carbons (Fsp3) is 0.625. The molecule has 1 saturated heterocycles. The summed E-state index contributed by atoms with van der Waals surface area (Å²) in [5, 5.41) is 20.0. The SMILES string of the molecule is OC(CCN1CC2CCC(O)C2C1)c1ccccc1F. The highest BCUT2D eigenvalue weighted by Gasteiger charge is 2.41. The zero-order valence-corrected chi connectivity index (χ0v) is 11.6. The lowest BCUT2D eigenvalue weighted by Gasteiger charge is -2.20. The molecule has 3 rings (SSSR count). The molecule has 1 heterocycles. The van der Waals surface area contributed by atoms with Crippen molar-refractivity contribution in [3.8, 4) is 0 Å². The van der Waals surface area contributed by atoms with Crippen molar-refractivity contribution < 1.29 is 14.6 Å². The molecule has 3 nitrogen and oxygen atoms in total. The van der Waals surface area contributed by atoms with Crippen molar-refractivity contribution in [1.29, 1.82) is 0 Å². The second-order valence-electron chi connectivity index (χ2n) is 6.15. The maximum atomic E-state index is 13.6. The Morgan fingerprint density at radius 3 is 2.80 bits per heavy atom. The van der Waals surface area contributed by atoms with Gasteiger partial charge in [0.05, 0.1) is 12.2 Å². The third-order valence-corrected chi connectivity index (χ3v) is 4.88. The van der Waals surface area contributed by atoms with E-state index >= 15 is 0 Å². The predicted molar refractivity (Wildman–Crippen MR) is 74.6 cm³/mol. The molecule has 1 aliphatic carbocycles. The number of aliphatic hydroxyl groups is 2. The molecule has 2 N–H and O–H groups in total. The van der Waals surface area contributed by atoms with Gasteiger partial charge in [-0.05, 0) is 31.2 Å². The van der Waals surface area contributed by atoms with Crippen LogP contribution < -0.4 is 0 Å². The summed E-state index contributed by atoms with van der Waals surface area (Å²) in [6.45, 7) is 2.68. The van der Waals surface area contributed by atoms with E-state index < -0.39 is 6.10 Å². The van der Waals surface area contributed by atoms with Gasteiger partial charge in [-0.25, -0.2) is 4.39 Å². The molecule has 1 aromatic carbocycles. The summed E-state index contributed by atoms with van der Waals surface area (Å²) >= 11 is 0. The van der Waals surface area contributed by atoms with Crippen molar-refractivity contribution in [2.75, 3.05) is 19.6 Å². The first kappa shape index (κ1) is 14.0. The van der Waals surface area contributed by atoms with E-state index in [1.165, 1.54) is 6.07 Å². The fourth-order valence-corrected chi connectivity index (χ4v) is 3.72. The number of rotatable bonds is 4. The fourth-order valence-electron chi connectivity index (χ4n) is 3.72. The molecule has 0 aromatic heterocycles. The molecule has 2 fully saturated rings. The highest BCUT2D eigenvalue weighted by Crippen LogP contribution is 2.38. The Morgan fingerprint density at radius 1 is 1.25 bits per heavy atom. The van der Waals surface area contributed by atoms with E-state index in [1.54, 1.807) is 18.2 Å². The molecular weight excluding hydrogens is 257 g/mol. The Balaban J connectivity index is 1.52. The number of hydrogen-bond donors (Lipinski definition) is 2. The number of benzene rings is 1. The minimum Gasteiger partial charge on any atom is -0.393 e. The van der Waals surface area contributed by atoms with Crippen molar-refractivity contribution in [2.24, 2.45) is 11.8 Å². The lowest BCUT2D eigenvalue weighted by atomic mass is 10.00. The molecule has 1 aliphatic heterocycles. The van der Waals surface area contributed by atoms with E-state index in [0.29, 0.717) is 23.8 Å².